The number of aryl methyl sites for hydroxylation is 3. The standard InChI is InChI=1S/C23H19N3O4/c1-12-4-5-13(2)17(8-12)25-22(27)16-9-14(3)24-23-20(16)21(26-30-23)15-6-7-18-19(10-15)29-11-28-18/h4-10H,11H2,1-3H3,(H,25,27). The smallest absolute Gasteiger partial charge is 0.259 e. The molecule has 1 aliphatic rings. The van der Waals surface area contributed by atoms with Gasteiger partial charge in [0.2, 0.25) is 6.79 Å². The van der Waals surface area contributed by atoms with Gasteiger partial charge in [0.05, 0.1) is 10.9 Å². The van der Waals surface area contributed by atoms with Crippen molar-refractivity contribution in [1.82, 2.24) is 10.1 Å². The van der Waals surface area contributed by atoms with Gasteiger partial charge in [0, 0.05) is 16.9 Å². The summed E-state index contributed by atoms with van der Waals surface area (Å²) in [6, 6.07) is 13.2. The number of pyridine rings is 1. The summed E-state index contributed by atoms with van der Waals surface area (Å²) in [7, 11) is 0. The molecule has 0 bridgehead atoms. The average molecular weight is 401 g/mol. The van der Waals surface area contributed by atoms with E-state index in [-0.39, 0.29) is 12.7 Å². The van der Waals surface area contributed by atoms with Crippen LogP contribution in [0.25, 0.3) is 22.4 Å². The highest BCUT2D eigenvalue weighted by molar-refractivity contribution is 6.15. The molecule has 1 amide bonds. The molecule has 2 aromatic carbocycles. The second-order valence-corrected chi connectivity index (χ2v) is 7.36. The number of hydrogen-bond acceptors (Lipinski definition) is 6. The highest BCUT2D eigenvalue weighted by Crippen LogP contribution is 2.38. The molecule has 2 aromatic heterocycles. The van der Waals surface area contributed by atoms with Crippen molar-refractivity contribution >= 4 is 22.7 Å². The number of nitrogens with one attached hydrogen (secondary N) is 1. The number of anilines is 1. The topological polar surface area (TPSA) is 86.5 Å². The number of fused-ring (bicyclic) bond motifs is 2. The molecule has 0 aliphatic carbocycles. The minimum Gasteiger partial charge on any atom is -0.454 e. The molecule has 0 unspecified atom stereocenters. The quantitative estimate of drug-likeness (QED) is 0.531. The number of nitrogens with zero attached hydrogens (tertiary/aromatic N) is 2. The molecule has 0 saturated heterocycles. The predicted molar refractivity (Wildman–Crippen MR) is 112 cm³/mol. The molecule has 4 aromatic rings. The molecule has 0 atom stereocenters. The first-order valence-electron chi connectivity index (χ1n) is 9.55. The van der Waals surface area contributed by atoms with Crippen LogP contribution < -0.4 is 14.8 Å². The number of hydrogen-bond donors (Lipinski definition) is 1. The van der Waals surface area contributed by atoms with Crippen molar-refractivity contribution in [2.24, 2.45) is 0 Å². The van der Waals surface area contributed by atoms with E-state index in [1.165, 1.54) is 0 Å². The van der Waals surface area contributed by atoms with Gasteiger partial charge in [0.25, 0.3) is 11.6 Å². The molecule has 1 N–H and O–H groups in total. The van der Waals surface area contributed by atoms with Gasteiger partial charge in [-0.3, -0.25) is 4.79 Å². The van der Waals surface area contributed by atoms with Gasteiger partial charge >= 0.3 is 0 Å². The van der Waals surface area contributed by atoms with Crippen LogP contribution in [0.3, 0.4) is 0 Å². The van der Waals surface area contributed by atoms with E-state index in [9.17, 15) is 4.79 Å². The Morgan fingerprint density at radius 1 is 1.00 bits per heavy atom. The lowest BCUT2D eigenvalue weighted by molar-refractivity contribution is 0.102. The third-order valence-corrected chi connectivity index (χ3v) is 5.11. The molecule has 7 heteroatoms. The van der Waals surface area contributed by atoms with Crippen molar-refractivity contribution < 1.29 is 18.8 Å². The normalized spacial score (nSPS) is 12.4. The van der Waals surface area contributed by atoms with Crippen LogP contribution in [0.4, 0.5) is 5.69 Å². The van der Waals surface area contributed by atoms with Gasteiger partial charge in [-0.05, 0) is 62.2 Å². The lowest BCUT2D eigenvalue weighted by atomic mass is 10.0. The van der Waals surface area contributed by atoms with E-state index < -0.39 is 0 Å². The second kappa shape index (κ2) is 6.88. The van der Waals surface area contributed by atoms with Gasteiger partial charge in [-0.1, -0.05) is 17.3 Å². The maximum atomic E-state index is 13.3. The molecule has 1 aliphatic heterocycles. The largest absolute Gasteiger partial charge is 0.454 e. The lowest BCUT2D eigenvalue weighted by Gasteiger charge is -2.11. The van der Waals surface area contributed by atoms with E-state index in [1.54, 1.807) is 6.07 Å². The molecular weight excluding hydrogens is 382 g/mol. The van der Waals surface area contributed by atoms with Crippen LogP contribution >= 0.6 is 0 Å². The number of rotatable bonds is 3. The summed E-state index contributed by atoms with van der Waals surface area (Å²) in [6.45, 7) is 5.95. The Hall–Kier alpha value is -3.87. The minimum absolute atomic E-state index is 0.183. The van der Waals surface area contributed by atoms with Crippen molar-refractivity contribution in [3.05, 3.63) is 64.8 Å². The molecule has 30 heavy (non-hydrogen) atoms. The summed E-state index contributed by atoms with van der Waals surface area (Å²) >= 11 is 0. The third-order valence-electron chi connectivity index (χ3n) is 5.11. The van der Waals surface area contributed by atoms with Crippen molar-refractivity contribution in [3.63, 3.8) is 0 Å². The zero-order valence-corrected chi connectivity index (χ0v) is 16.8. The Balaban J connectivity index is 1.62. The predicted octanol–water partition coefficient (Wildman–Crippen LogP) is 4.80. The fourth-order valence-corrected chi connectivity index (χ4v) is 3.55. The summed E-state index contributed by atoms with van der Waals surface area (Å²) < 4.78 is 16.3. The second-order valence-electron chi connectivity index (χ2n) is 7.36. The molecule has 3 heterocycles. The van der Waals surface area contributed by atoms with E-state index in [0.29, 0.717) is 39.6 Å². The van der Waals surface area contributed by atoms with Crippen molar-refractivity contribution in [2.45, 2.75) is 20.8 Å². The van der Waals surface area contributed by atoms with E-state index in [1.807, 2.05) is 57.2 Å². The van der Waals surface area contributed by atoms with E-state index in [0.717, 1.165) is 22.4 Å². The SMILES string of the molecule is Cc1ccc(C)c(NC(=O)c2cc(C)nc3onc(-c4ccc5c(c4)OCO5)c23)c1. The maximum absolute atomic E-state index is 13.3. The first kappa shape index (κ1) is 18.2. The van der Waals surface area contributed by atoms with Crippen LogP contribution in [0.1, 0.15) is 27.2 Å². The van der Waals surface area contributed by atoms with Crippen LogP contribution in [0.2, 0.25) is 0 Å². The Bertz CT molecular complexity index is 1310. The van der Waals surface area contributed by atoms with Crippen LogP contribution in [-0.4, -0.2) is 22.8 Å². The van der Waals surface area contributed by atoms with Crippen molar-refractivity contribution in [3.8, 4) is 22.8 Å². The van der Waals surface area contributed by atoms with Gasteiger partial charge < -0.3 is 19.3 Å². The Morgan fingerprint density at radius 2 is 1.83 bits per heavy atom. The van der Waals surface area contributed by atoms with Crippen LogP contribution in [0.15, 0.2) is 47.0 Å². The van der Waals surface area contributed by atoms with Gasteiger partial charge in [0.15, 0.2) is 11.5 Å². The van der Waals surface area contributed by atoms with E-state index in [2.05, 4.69) is 15.5 Å². The van der Waals surface area contributed by atoms with Crippen LogP contribution in [-0.2, 0) is 0 Å². The summed E-state index contributed by atoms with van der Waals surface area (Å²) in [4.78, 5) is 17.7. The fraction of sp³-hybridized carbons (Fsp3) is 0.174. The minimum atomic E-state index is -0.246. The molecule has 150 valence electrons. The molecular formula is C23H19N3O4. The molecule has 0 spiro atoms. The van der Waals surface area contributed by atoms with Gasteiger partial charge in [-0.15, -0.1) is 0 Å². The van der Waals surface area contributed by atoms with Crippen LogP contribution in [0, 0.1) is 20.8 Å². The number of carbonyl (C=O) groups excluding carboxylic acids is 1. The highest BCUT2D eigenvalue weighted by atomic mass is 16.7. The summed E-state index contributed by atoms with van der Waals surface area (Å²) in [5.41, 5.74) is 5.54. The molecule has 0 radical (unpaired) electrons. The number of amides is 1. The molecule has 0 fully saturated rings. The van der Waals surface area contributed by atoms with Gasteiger partial charge in [0.1, 0.15) is 5.69 Å². The lowest BCUT2D eigenvalue weighted by Crippen LogP contribution is -2.14. The van der Waals surface area contributed by atoms with E-state index in [4.69, 9.17) is 14.0 Å². The molecule has 5 rings (SSSR count). The summed E-state index contributed by atoms with van der Waals surface area (Å²) in [5, 5.41) is 7.77. The first-order chi connectivity index (χ1) is 14.5. The highest BCUT2D eigenvalue weighted by Gasteiger charge is 2.23. The first-order valence-corrected chi connectivity index (χ1v) is 9.55. The number of carbonyl (C=O) groups is 1. The zero-order valence-electron chi connectivity index (χ0n) is 16.8. The number of aromatic nitrogens is 2. The zero-order chi connectivity index (χ0) is 20.8. The maximum Gasteiger partial charge on any atom is 0.259 e. The summed E-state index contributed by atoms with van der Waals surface area (Å²) in [6.07, 6.45) is 0. The monoisotopic (exact) mass is 401 g/mol. The van der Waals surface area contributed by atoms with Crippen LogP contribution in [0.5, 0.6) is 11.5 Å². The summed E-state index contributed by atoms with van der Waals surface area (Å²) in [5.74, 6) is 1.06. The average Bonchev–Trinajstić information content (AvgIpc) is 3.36. The molecule has 0 saturated carbocycles. The third kappa shape index (κ3) is 3.04. The van der Waals surface area contributed by atoms with Crippen molar-refractivity contribution in [1.29, 1.82) is 0 Å². The van der Waals surface area contributed by atoms with E-state index >= 15 is 0 Å². The Kier molecular flexibility index (Phi) is 4.17. The van der Waals surface area contributed by atoms with Crippen molar-refractivity contribution in [2.75, 3.05) is 12.1 Å². The fourth-order valence-electron chi connectivity index (χ4n) is 3.55. The number of ether oxygens (including phenoxy) is 2. The van der Waals surface area contributed by atoms with Gasteiger partial charge in [-0.25, -0.2) is 4.98 Å². The number of benzene rings is 2. The Labute approximate surface area is 172 Å². The Morgan fingerprint density at radius 3 is 2.70 bits per heavy atom. The molecule has 7 nitrogen and oxygen atoms in total. The van der Waals surface area contributed by atoms with Gasteiger partial charge in [-0.2, -0.15) is 0 Å².